The van der Waals surface area contributed by atoms with Gasteiger partial charge in [0.1, 0.15) is 5.69 Å². The molecular weight excluding hydrogens is 234 g/mol. The molecule has 7 heteroatoms. The van der Waals surface area contributed by atoms with Gasteiger partial charge in [-0.25, -0.2) is 9.97 Å². The number of nitriles is 1. The second-order valence-corrected chi connectivity index (χ2v) is 3.99. The fourth-order valence-electron chi connectivity index (χ4n) is 1.77. The number of nitrogens with zero attached hydrogens (tertiary/aromatic N) is 4. The van der Waals surface area contributed by atoms with E-state index in [4.69, 9.17) is 15.7 Å². The molecule has 0 aliphatic carbocycles. The molecule has 1 unspecified atom stereocenters. The Labute approximate surface area is 104 Å². The Morgan fingerprint density at radius 2 is 2.44 bits per heavy atom. The molecule has 0 saturated carbocycles. The molecule has 2 heterocycles. The lowest BCUT2D eigenvalue weighted by molar-refractivity contribution is 0.00320. The minimum Gasteiger partial charge on any atom is -0.368 e. The number of hydrogen-bond donors (Lipinski definition) is 1. The minimum atomic E-state index is -0.581. The SMILES string of the molecule is Cc1cc(C(=O)N2CCOC(C#N)C2)nc(N)n1. The number of aromatic nitrogens is 2. The summed E-state index contributed by atoms with van der Waals surface area (Å²) in [4.78, 5) is 21.5. The van der Waals surface area contributed by atoms with Gasteiger partial charge in [0.05, 0.1) is 19.2 Å². The number of carbonyl (C=O) groups excluding carboxylic acids is 1. The van der Waals surface area contributed by atoms with Gasteiger partial charge >= 0.3 is 0 Å². The van der Waals surface area contributed by atoms with E-state index in [1.54, 1.807) is 17.9 Å². The number of anilines is 1. The van der Waals surface area contributed by atoms with Gasteiger partial charge in [0.2, 0.25) is 5.95 Å². The molecule has 94 valence electrons. The number of hydrogen-bond acceptors (Lipinski definition) is 6. The van der Waals surface area contributed by atoms with Gasteiger partial charge in [-0.15, -0.1) is 0 Å². The van der Waals surface area contributed by atoms with E-state index in [1.807, 2.05) is 6.07 Å². The molecule has 1 aliphatic heterocycles. The average Bonchev–Trinajstić information content (AvgIpc) is 2.37. The standard InChI is InChI=1S/C11H13N5O2/c1-7-4-9(15-11(13)14-7)10(17)16-2-3-18-8(5-12)6-16/h4,8H,2-3,6H2,1H3,(H2,13,14,15). The Morgan fingerprint density at radius 3 is 3.11 bits per heavy atom. The van der Waals surface area contributed by atoms with Crippen LogP contribution >= 0.6 is 0 Å². The van der Waals surface area contributed by atoms with Crippen LogP contribution in [-0.2, 0) is 4.74 Å². The summed E-state index contributed by atoms with van der Waals surface area (Å²) < 4.78 is 5.18. The number of amides is 1. The molecule has 1 atom stereocenters. The van der Waals surface area contributed by atoms with Crippen LogP contribution in [0.2, 0.25) is 0 Å². The molecule has 0 bridgehead atoms. The number of nitrogens with two attached hydrogens (primary N) is 1. The van der Waals surface area contributed by atoms with Gasteiger partial charge in [-0.05, 0) is 13.0 Å². The molecule has 7 nitrogen and oxygen atoms in total. The smallest absolute Gasteiger partial charge is 0.272 e. The highest BCUT2D eigenvalue weighted by molar-refractivity contribution is 5.92. The zero-order valence-electron chi connectivity index (χ0n) is 9.96. The number of carbonyl (C=O) groups is 1. The first-order chi connectivity index (χ1) is 8.60. The van der Waals surface area contributed by atoms with Crippen molar-refractivity contribution < 1.29 is 9.53 Å². The van der Waals surface area contributed by atoms with Gasteiger partial charge in [-0.1, -0.05) is 0 Å². The molecule has 0 spiro atoms. The molecule has 18 heavy (non-hydrogen) atoms. The maximum absolute atomic E-state index is 12.2. The van der Waals surface area contributed by atoms with Gasteiger partial charge in [-0.3, -0.25) is 4.79 Å². The first kappa shape index (κ1) is 12.3. The van der Waals surface area contributed by atoms with Crippen molar-refractivity contribution in [3.05, 3.63) is 17.5 Å². The summed E-state index contributed by atoms with van der Waals surface area (Å²) >= 11 is 0. The quantitative estimate of drug-likeness (QED) is 0.732. The zero-order valence-corrected chi connectivity index (χ0v) is 9.96. The summed E-state index contributed by atoms with van der Waals surface area (Å²) in [5.41, 5.74) is 6.39. The van der Waals surface area contributed by atoms with Crippen molar-refractivity contribution in [3.63, 3.8) is 0 Å². The highest BCUT2D eigenvalue weighted by Gasteiger charge is 2.25. The Kier molecular flexibility index (Phi) is 3.39. The molecule has 1 aromatic heterocycles. The van der Waals surface area contributed by atoms with Crippen LogP contribution in [0.1, 0.15) is 16.2 Å². The van der Waals surface area contributed by atoms with E-state index >= 15 is 0 Å². The molecular formula is C11H13N5O2. The van der Waals surface area contributed by atoms with Crippen LogP contribution in [0, 0.1) is 18.3 Å². The van der Waals surface area contributed by atoms with Crippen LogP contribution < -0.4 is 5.73 Å². The molecule has 1 amide bonds. The van der Waals surface area contributed by atoms with Gasteiger partial charge < -0.3 is 15.4 Å². The number of ether oxygens (including phenoxy) is 1. The fraction of sp³-hybridized carbons (Fsp3) is 0.455. The van der Waals surface area contributed by atoms with E-state index in [9.17, 15) is 4.79 Å². The highest BCUT2D eigenvalue weighted by atomic mass is 16.5. The first-order valence-electron chi connectivity index (χ1n) is 5.52. The van der Waals surface area contributed by atoms with E-state index in [-0.39, 0.29) is 24.1 Å². The molecule has 0 radical (unpaired) electrons. The normalized spacial score (nSPS) is 19.3. The molecule has 0 aromatic carbocycles. The van der Waals surface area contributed by atoms with Crippen LogP contribution in [0.4, 0.5) is 5.95 Å². The Bertz CT molecular complexity index is 490. The molecule has 1 saturated heterocycles. The van der Waals surface area contributed by atoms with Crippen LogP contribution in [-0.4, -0.2) is 46.6 Å². The summed E-state index contributed by atoms with van der Waals surface area (Å²) in [5.74, 6) is -0.181. The van der Waals surface area contributed by atoms with Crippen molar-refractivity contribution in [2.45, 2.75) is 13.0 Å². The predicted octanol–water partition coefficient (Wildman–Crippen LogP) is -0.268. The maximum atomic E-state index is 12.2. The Balaban J connectivity index is 2.18. The molecule has 1 aliphatic rings. The lowest BCUT2D eigenvalue weighted by Gasteiger charge is -2.29. The summed E-state index contributed by atoms with van der Waals surface area (Å²) in [6, 6.07) is 3.57. The van der Waals surface area contributed by atoms with Crippen LogP contribution in [0.5, 0.6) is 0 Å². The van der Waals surface area contributed by atoms with Crippen LogP contribution in [0.25, 0.3) is 0 Å². The number of aryl methyl sites for hydroxylation is 1. The summed E-state index contributed by atoms with van der Waals surface area (Å²) in [7, 11) is 0. The lowest BCUT2D eigenvalue weighted by Crippen LogP contribution is -2.45. The summed E-state index contributed by atoms with van der Waals surface area (Å²) in [6.45, 7) is 2.79. The van der Waals surface area contributed by atoms with E-state index in [1.165, 1.54) is 0 Å². The van der Waals surface area contributed by atoms with Gasteiger partial charge in [0.25, 0.3) is 5.91 Å². The van der Waals surface area contributed by atoms with Crippen LogP contribution in [0.15, 0.2) is 6.07 Å². The second kappa shape index (κ2) is 4.98. The summed E-state index contributed by atoms with van der Waals surface area (Å²) in [5, 5.41) is 8.79. The van der Waals surface area contributed by atoms with Gasteiger partial charge in [0.15, 0.2) is 6.10 Å². The van der Waals surface area contributed by atoms with E-state index in [0.29, 0.717) is 18.8 Å². The van der Waals surface area contributed by atoms with Crippen molar-refractivity contribution >= 4 is 11.9 Å². The topological polar surface area (TPSA) is 105 Å². The largest absolute Gasteiger partial charge is 0.368 e. The van der Waals surface area contributed by atoms with Gasteiger partial charge in [0, 0.05) is 12.2 Å². The van der Waals surface area contributed by atoms with E-state index in [0.717, 1.165) is 0 Å². The van der Waals surface area contributed by atoms with E-state index in [2.05, 4.69) is 9.97 Å². The monoisotopic (exact) mass is 247 g/mol. The molecule has 2 rings (SSSR count). The third-order valence-corrected chi connectivity index (χ3v) is 2.59. The minimum absolute atomic E-state index is 0.0726. The van der Waals surface area contributed by atoms with Crippen molar-refractivity contribution in [1.29, 1.82) is 5.26 Å². The van der Waals surface area contributed by atoms with Gasteiger partial charge in [-0.2, -0.15) is 5.26 Å². The number of morpholine rings is 1. The Morgan fingerprint density at radius 1 is 1.67 bits per heavy atom. The van der Waals surface area contributed by atoms with E-state index < -0.39 is 6.10 Å². The second-order valence-electron chi connectivity index (χ2n) is 3.99. The van der Waals surface area contributed by atoms with Crippen molar-refractivity contribution in [3.8, 4) is 6.07 Å². The average molecular weight is 247 g/mol. The van der Waals surface area contributed by atoms with Crippen molar-refractivity contribution in [2.75, 3.05) is 25.4 Å². The van der Waals surface area contributed by atoms with Crippen LogP contribution in [0.3, 0.4) is 0 Å². The van der Waals surface area contributed by atoms with Crippen molar-refractivity contribution in [1.82, 2.24) is 14.9 Å². The lowest BCUT2D eigenvalue weighted by atomic mass is 10.2. The number of rotatable bonds is 1. The predicted molar refractivity (Wildman–Crippen MR) is 62.4 cm³/mol. The zero-order chi connectivity index (χ0) is 13.1. The third kappa shape index (κ3) is 2.55. The fourth-order valence-corrected chi connectivity index (χ4v) is 1.77. The molecule has 1 aromatic rings. The first-order valence-corrected chi connectivity index (χ1v) is 5.52. The Hall–Kier alpha value is -2.20. The van der Waals surface area contributed by atoms with Crippen molar-refractivity contribution in [2.24, 2.45) is 0 Å². The highest BCUT2D eigenvalue weighted by Crippen LogP contribution is 2.10. The molecule has 2 N–H and O–H groups in total. The maximum Gasteiger partial charge on any atom is 0.272 e. The molecule has 1 fully saturated rings. The summed E-state index contributed by atoms with van der Waals surface area (Å²) in [6.07, 6.45) is -0.581. The number of nitrogen functional groups attached to an aromatic ring is 1. The third-order valence-electron chi connectivity index (χ3n) is 2.59.